The van der Waals surface area contributed by atoms with Crippen molar-refractivity contribution in [3.05, 3.63) is 70.0 Å². The van der Waals surface area contributed by atoms with Crippen LogP contribution in [0.3, 0.4) is 0 Å². The second-order valence-electron chi connectivity index (χ2n) is 7.80. The van der Waals surface area contributed by atoms with Gasteiger partial charge in [-0.3, -0.25) is 9.78 Å². The third-order valence-electron chi connectivity index (χ3n) is 5.25. The SMILES string of the molecule is Cc1cc2c(cn1)cc(-c1cc(Nc3ncc(C(C)C)[nH]3)ccc1C)c(=O)n2C. The predicted molar refractivity (Wildman–Crippen MR) is 118 cm³/mol. The number of H-pyrrole nitrogens is 1. The third-order valence-corrected chi connectivity index (χ3v) is 5.25. The Bertz CT molecular complexity index is 1270. The van der Waals surface area contributed by atoms with Crippen LogP contribution in [0.4, 0.5) is 11.6 Å². The van der Waals surface area contributed by atoms with Crippen LogP contribution in [-0.2, 0) is 7.05 Å². The van der Waals surface area contributed by atoms with E-state index in [0.29, 0.717) is 17.4 Å². The van der Waals surface area contributed by atoms with Crippen molar-refractivity contribution in [1.29, 1.82) is 0 Å². The van der Waals surface area contributed by atoms with Crippen molar-refractivity contribution in [3.63, 3.8) is 0 Å². The molecule has 0 amide bonds. The fourth-order valence-corrected chi connectivity index (χ4v) is 3.48. The van der Waals surface area contributed by atoms with E-state index in [1.54, 1.807) is 11.6 Å². The summed E-state index contributed by atoms with van der Waals surface area (Å²) in [4.78, 5) is 25.2. The van der Waals surface area contributed by atoms with Gasteiger partial charge in [-0.25, -0.2) is 4.98 Å². The number of pyridine rings is 2. The van der Waals surface area contributed by atoms with Gasteiger partial charge in [0.15, 0.2) is 0 Å². The summed E-state index contributed by atoms with van der Waals surface area (Å²) in [6.07, 6.45) is 3.66. The van der Waals surface area contributed by atoms with Gasteiger partial charge in [-0.15, -0.1) is 0 Å². The summed E-state index contributed by atoms with van der Waals surface area (Å²) in [5, 5.41) is 4.25. The lowest BCUT2D eigenvalue weighted by Crippen LogP contribution is -2.19. The van der Waals surface area contributed by atoms with E-state index in [-0.39, 0.29) is 5.56 Å². The molecule has 0 bridgehead atoms. The van der Waals surface area contributed by atoms with Crippen LogP contribution in [-0.4, -0.2) is 19.5 Å². The molecule has 0 saturated heterocycles. The van der Waals surface area contributed by atoms with Crippen molar-refractivity contribution < 1.29 is 0 Å². The minimum absolute atomic E-state index is 0.0246. The standard InChI is InChI=1S/C23H25N5O/c1-13(2)20-12-25-23(27-20)26-17-7-6-14(3)18(10-17)19-9-16-11-24-15(4)8-21(16)28(5)22(19)29/h6-13H,1-5H3,(H2,25,26,27). The minimum atomic E-state index is -0.0246. The van der Waals surface area contributed by atoms with Crippen LogP contribution >= 0.6 is 0 Å². The van der Waals surface area contributed by atoms with E-state index in [1.807, 2.05) is 56.6 Å². The normalized spacial score (nSPS) is 11.4. The number of benzene rings is 1. The molecule has 0 unspecified atom stereocenters. The number of aryl methyl sites for hydroxylation is 3. The molecular formula is C23H25N5O. The highest BCUT2D eigenvalue weighted by atomic mass is 16.1. The summed E-state index contributed by atoms with van der Waals surface area (Å²) >= 11 is 0. The van der Waals surface area contributed by atoms with Crippen molar-refractivity contribution in [2.24, 2.45) is 7.05 Å². The first-order valence-electron chi connectivity index (χ1n) is 9.73. The number of aromatic nitrogens is 4. The lowest BCUT2D eigenvalue weighted by molar-refractivity contribution is 0.833. The molecule has 29 heavy (non-hydrogen) atoms. The Balaban J connectivity index is 1.79. The number of aromatic amines is 1. The largest absolute Gasteiger partial charge is 0.328 e. The molecule has 0 aliphatic rings. The third kappa shape index (κ3) is 3.53. The lowest BCUT2D eigenvalue weighted by atomic mass is 9.99. The van der Waals surface area contributed by atoms with Crippen LogP contribution in [0.5, 0.6) is 0 Å². The summed E-state index contributed by atoms with van der Waals surface area (Å²) in [6, 6.07) is 9.87. The highest BCUT2D eigenvalue weighted by molar-refractivity contribution is 5.85. The van der Waals surface area contributed by atoms with Crippen molar-refractivity contribution in [1.82, 2.24) is 19.5 Å². The number of hydrogen-bond acceptors (Lipinski definition) is 4. The van der Waals surface area contributed by atoms with Gasteiger partial charge in [0.05, 0.1) is 11.7 Å². The fourth-order valence-electron chi connectivity index (χ4n) is 3.48. The minimum Gasteiger partial charge on any atom is -0.328 e. The molecule has 1 aromatic carbocycles. The summed E-state index contributed by atoms with van der Waals surface area (Å²) in [6.45, 7) is 8.18. The summed E-state index contributed by atoms with van der Waals surface area (Å²) in [5.74, 6) is 1.07. The van der Waals surface area contributed by atoms with E-state index in [1.165, 1.54) is 0 Å². The fraction of sp³-hybridized carbons (Fsp3) is 0.261. The average molecular weight is 387 g/mol. The van der Waals surface area contributed by atoms with Crippen molar-refractivity contribution in [3.8, 4) is 11.1 Å². The number of fused-ring (bicyclic) bond motifs is 1. The van der Waals surface area contributed by atoms with Crippen LogP contribution in [0.25, 0.3) is 22.0 Å². The second-order valence-corrected chi connectivity index (χ2v) is 7.80. The Morgan fingerprint density at radius 3 is 2.55 bits per heavy atom. The number of nitrogens with one attached hydrogen (secondary N) is 2. The number of hydrogen-bond donors (Lipinski definition) is 2. The molecule has 6 heteroatoms. The van der Waals surface area contributed by atoms with Gasteiger partial charge in [0.25, 0.3) is 5.56 Å². The van der Waals surface area contributed by atoms with E-state index in [4.69, 9.17) is 0 Å². The first-order chi connectivity index (χ1) is 13.8. The van der Waals surface area contributed by atoms with Gasteiger partial charge in [-0.1, -0.05) is 19.9 Å². The Kier molecular flexibility index (Phi) is 4.70. The van der Waals surface area contributed by atoms with E-state index in [0.717, 1.165) is 39.1 Å². The lowest BCUT2D eigenvalue weighted by Gasteiger charge is -2.13. The van der Waals surface area contributed by atoms with Crippen molar-refractivity contribution in [2.75, 3.05) is 5.32 Å². The van der Waals surface area contributed by atoms with Gasteiger partial charge in [0.1, 0.15) is 0 Å². The number of anilines is 2. The highest BCUT2D eigenvalue weighted by Crippen LogP contribution is 2.28. The summed E-state index contributed by atoms with van der Waals surface area (Å²) < 4.78 is 1.69. The molecule has 6 nitrogen and oxygen atoms in total. The van der Waals surface area contributed by atoms with Gasteiger partial charge >= 0.3 is 0 Å². The average Bonchev–Trinajstić information content (AvgIpc) is 3.16. The van der Waals surface area contributed by atoms with E-state index in [9.17, 15) is 4.79 Å². The Morgan fingerprint density at radius 2 is 1.83 bits per heavy atom. The molecule has 0 atom stereocenters. The smallest absolute Gasteiger partial charge is 0.258 e. The van der Waals surface area contributed by atoms with Crippen LogP contribution in [0, 0.1) is 13.8 Å². The van der Waals surface area contributed by atoms with E-state index < -0.39 is 0 Å². The number of rotatable bonds is 4. The van der Waals surface area contributed by atoms with Gasteiger partial charge in [-0.2, -0.15) is 0 Å². The molecule has 0 spiro atoms. The predicted octanol–water partition coefficient (Wildman–Crippen LogP) is 4.81. The van der Waals surface area contributed by atoms with Crippen LogP contribution < -0.4 is 10.9 Å². The number of nitrogens with zero attached hydrogens (tertiary/aromatic N) is 3. The molecule has 0 aliphatic heterocycles. The van der Waals surface area contributed by atoms with Gasteiger partial charge in [-0.05, 0) is 55.2 Å². The van der Waals surface area contributed by atoms with Crippen molar-refractivity contribution in [2.45, 2.75) is 33.6 Å². The van der Waals surface area contributed by atoms with Crippen LogP contribution in [0.1, 0.15) is 36.7 Å². The van der Waals surface area contributed by atoms with Crippen molar-refractivity contribution >= 4 is 22.5 Å². The molecule has 0 aliphatic carbocycles. The molecule has 3 aromatic heterocycles. The Labute approximate surface area is 169 Å². The zero-order chi connectivity index (χ0) is 20.7. The maximum Gasteiger partial charge on any atom is 0.258 e. The highest BCUT2D eigenvalue weighted by Gasteiger charge is 2.13. The molecule has 0 saturated carbocycles. The topological polar surface area (TPSA) is 75.6 Å². The Hall–Kier alpha value is -3.41. The van der Waals surface area contributed by atoms with Gasteiger partial charge in [0, 0.05) is 41.3 Å². The molecule has 2 N–H and O–H groups in total. The molecule has 148 valence electrons. The van der Waals surface area contributed by atoms with Gasteiger partial charge in [0.2, 0.25) is 5.95 Å². The van der Waals surface area contributed by atoms with Gasteiger partial charge < -0.3 is 14.9 Å². The first kappa shape index (κ1) is 18.9. The zero-order valence-corrected chi connectivity index (χ0v) is 17.4. The first-order valence-corrected chi connectivity index (χ1v) is 9.73. The maximum absolute atomic E-state index is 13.1. The molecular weight excluding hydrogens is 362 g/mol. The maximum atomic E-state index is 13.1. The molecule has 0 fully saturated rings. The summed E-state index contributed by atoms with van der Waals surface area (Å²) in [7, 11) is 1.81. The Morgan fingerprint density at radius 1 is 1.03 bits per heavy atom. The van der Waals surface area contributed by atoms with E-state index >= 15 is 0 Å². The van der Waals surface area contributed by atoms with Crippen LogP contribution in [0.2, 0.25) is 0 Å². The molecule has 4 rings (SSSR count). The molecule has 0 radical (unpaired) electrons. The van der Waals surface area contributed by atoms with E-state index in [2.05, 4.69) is 34.1 Å². The number of imidazole rings is 1. The summed E-state index contributed by atoms with van der Waals surface area (Å²) in [5.41, 5.74) is 6.29. The molecule has 3 heterocycles. The molecule has 4 aromatic rings. The monoisotopic (exact) mass is 387 g/mol. The second kappa shape index (κ2) is 7.20. The zero-order valence-electron chi connectivity index (χ0n) is 17.4. The van der Waals surface area contributed by atoms with Crippen LogP contribution in [0.15, 0.2) is 47.5 Å². The quantitative estimate of drug-likeness (QED) is 0.527.